The van der Waals surface area contributed by atoms with Gasteiger partial charge in [-0.1, -0.05) is 90.7 Å². The van der Waals surface area contributed by atoms with Crippen LogP contribution in [0, 0.1) is 6.92 Å². The van der Waals surface area contributed by atoms with Crippen molar-refractivity contribution in [3.05, 3.63) is 117 Å². The van der Waals surface area contributed by atoms with Crippen molar-refractivity contribution >= 4 is 51.7 Å². The van der Waals surface area contributed by atoms with Gasteiger partial charge >= 0.3 is 0 Å². The van der Waals surface area contributed by atoms with Gasteiger partial charge in [0.25, 0.3) is 11.5 Å². The number of carbonyl (C=O) groups is 1. The number of carbonyl (C=O) groups excluding carboxylic acids is 1. The highest BCUT2D eigenvalue weighted by Crippen LogP contribution is 2.38. The standard InChI is InChI=1S/C29H26N4O2S2/c1-19-13-14-25-31-26(30-16-15-21-9-5-3-6-10-21)23(27(34)32(25)18-19)17-24-28(35)33(29(36)37-24)20(2)22-11-7-4-8-12-22/h3-14,17-18,20,30H,15-16H2,1-2H3/b24-17+. The van der Waals surface area contributed by atoms with E-state index in [1.54, 1.807) is 17.2 Å². The zero-order valence-electron chi connectivity index (χ0n) is 20.5. The maximum absolute atomic E-state index is 13.6. The van der Waals surface area contributed by atoms with Gasteiger partial charge in [-0.15, -0.1) is 0 Å². The Balaban J connectivity index is 1.51. The molecule has 6 nitrogen and oxygen atoms in total. The molecule has 1 aliphatic heterocycles. The van der Waals surface area contributed by atoms with Crippen LogP contribution in [0.25, 0.3) is 11.7 Å². The van der Waals surface area contributed by atoms with Crippen molar-refractivity contribution in [2.45, 2.75) is 26.3 Å². The number of aromatic nitrogens is 2. The number of aryl methyl sites for hydroxylation is 1. The molecule has 0 radical (unpaired) electrons. The Kier molecular flexibility index (Phi) is 7.21. The van der Waals surface area contributed by atoms with E-state index in [4.69, 9.17) is 17.2 Å². The second-order valence-electron chi connectivity index (χ2n) is 8.91. The highest BCUT2D eigenvalue weighted by molar-refractivity contribution is 8.26. The van der Waals surface area contributed by atoms with E-state index in [1.165, 1.54) is 21.7 Å². The molecule has 0 saturated carbocycles. The number of amides is 1. The quantitative estimate of drug-likeness (QED) is 0.249. The number of nitrogens with one attached hydrogen (secondary N) is 1. The minimum atomic E-state index is -0.239. The van der Waals surface area contributed by atoms with E-state index in [0.717, 1.165) is 17.5 Å². The molecule has 0 spiro atoms. The molecular formula is C29H26N4O2S2. The molecular weight excluding hydrogens is 500 g/mol. The van der Waals surface area contributed by atoms with Gasteiger partial charge in [-0.2, -0.15) is 0 Å². The van der Waals surface area contributed by atoms with Crippen LogP contribution in [-0.2, 0) is 11.2 Å². The Morgan fingerprint density at radius 3 is 2.46 bits per heavy atom. The number of rotatable bonds is 7. The van der Waals surface area contributed by atoms with Gasteiger partial charge in [-0.05, 0) is 49.1 Å². The van der Waals surface area contributed by atoms with E-state index in [-0.39, 0.29) is 17.5 Å². The van der Waals surface area contributed by atoms with Crippen LogP contribution in [0.4, 0.5) is 5.82 Å². The van der Waals surface area contributed by atoms with Gasteiger partial charge in [0.05, 0.1) is 16.5 Å². The van der Waals surface area contributed by atoms with Gasteiger partial charge in [0.15, 0.2) is 0 Å². The van der Waals surface area contributed by atoms with Gasteiger partial charge < -0.3 is 5.32 Å². The van der Waals surface area contributed by atoms with Gasteiger partial charge in [0.2, 0.25) is 0 Å². The van der Waals surface area contributed by atoms with Crippen molar-refractivity contribution in [1.82, 2.24) is 14.3 Å². The highest BCUT2D eigenvalue weighted by atomic mass is 32.2. The average molecular weight is 527 g/mol. The van der Waals surface area contributed by atoms with Crippen molar-refractivity contribution in [2.24, 2.45) is 0 Å². The number of anilines is 1. The largest absolute Gasteiger partial charge is 0.369 e. The van der Waals surface area contributed by atoms with E-state index in [2.05, 4.69) is 17.4 Å². The summed E-state index contributed by atoms with van der Waals surface area (Å²) in [6, 6.07) is 23.4. The van der Waals surface area contributed by atoms with Crippen LogP contribution in [0.3, 0.4) is 0 Å². The fraction of sp³-hybridized carbons (Fsp3) is 0.172. The van der Waals surface area contributed by atoms with E-state index in [1.807, 2.05) is 74.5 Å². The normalized spacial score (nSPS) is 15.5. The third-order valence-electron chi connectivity index (χ3n) is 6.32. The lowest BCUT2D eigenvalue weighted by molar-refractivity contribution is -0.123. The zero-order chi connectivity index (χ0) is 25.9. The zero-order valence-corrected chi connectivity index (χ0v) is 22.2. The maximum Gasteiger partial charge on any atom is 0.267 e. The summed E-state index contributed by atoms with van der Waals surface area (Å²) in [5, 5.41) is 3.33. The molecule has 1 aliphatic rings. The SMILES string of the molecule is Cc1ccc2nc(NCCc3ccccc3)c(/C=C3/SC(=S)N(C(C)c4ccccc4)C3=O)c(=O)n2c1. The molecule has 4 aromatic rings. The number of fused-ring (bicyclic) bond motifs is 1. The summed E-state index contributed by atoms with van der Waals surface area (Å²) in [6.07, 6.45) is 4.16. The first-order valence-electron chi connectivity index (χ1n) is 12.0. The van der Waals surface area contributed by atoms with Crippen molar-refractivity contribution in [1.29, 1.82) is 0 Å². The van der Waals surface area contributed by atoms with Crippen LogP contribution in [0.15, 0.2) is 88.7 Å². The number of thioether (sulfide) groups is 1. The van der Waals surface area contributed by atoms with Crippen LogP contribution in [0.2, 0.25) is 0 Å². The molecule has 1 amide bonds. The van der Waals surface area contributed by atoms with E-state index >= 15 is 0 Å². The van der Waals surface area contributed by atoms with Gasteiger partial charge in [-0.3, -0.25) is 18.9 Å². The first-order chi connectivity index (χ1) is 17.9. The number of nitrogens with zero attached hydrogens (tertiary/aromatic N) is 3. The molecule has 1 atom stereocenters. The molecule has 1 N–H and O–H groups in total. The summed E-state index contributed by atoms with van der Waals surface area (Å²) in [5.41, 5.74) is 3.75. The van der Waals surface area contributed by atoms with Gasteiger partial charge in [-0.25, -0.2) is 4.98 Å². The Bertz CT molecular complexity index is 1570. The molecule has 2 aromatic carbocycles. The number of thiocarbonyl (C=S) groups is 1. The maximum atomic E-state index is 13.6. The van der Waals surface area contributed by atoms with Crippen molar-refractivity contribution in [3.8, 4) is 0 Å². The minimum Gasteiger partial charge on any atom is -0.369 e. The molecule has 186 valence electrons. The van der Waals surface area contributed by atoms with E-state index < -0.39 is 0 Å². The number of benzene rings is 2. The molecule has 0 aliphatic carbocycles. The first-order valence-corrected chi connectivity index (χ1v) is 13.3. The molecule has 37 heavy (non-hydrogen) atoms. The van der Waals surface area contributed by atoms with Gasteiger partial charge in [0, 0.05) is 12.7 Å². The number of pyridine rings is 1. The predicted octanol–water partition coefficient (Wildman–Crippen LogP) is 5.62. The summed E-state index contributed by atoms with van der Waals surface area (Å²) >= 11 is 6.80. The summed E-state index contributed by atoms with van der Waals surface area (Å²) < 4.78 is 1.99. The Morgan fingerprint density at radius 1 is 1.03 bits per heavy atom. The topological polar surface area (TPSA) is 66.7 Å². The summed E-state index contributed by atoms with van der Waals surface area (Å²) in [5.74, 6) is 0.237. The van der Waals surface area contributed by atoms with Crippen molar-refractivity contribution in [3.63, 3.8) is 0 Å². The van der Waals surface area contributed by atoms with Crippen molar-refractivity contribution in [2.75, 3.05) is 11.9 Å². The predicted molar refractivity (Wildman–Crippen MR) is 155 cm³/mol. The Morgan fingerprint density at radius 2 is 1.73 bits per heavy atom. The van der Waals surface area contributed by atoms with Gasteiger partial charge in [0.1, 0.15) is 15.8 Å². The lowest BCUT2D eigenvalue weighted by atomic mass is 10.1. The second-order valence-corrected chi connectivity index (χ2v) is 10.6. The fourth-order valence-corrected chi connectivity index (χ4v) is 5.72. The molecule has 0 bridgehead atoms. The van der Waals surface area contributed by atoms with E-state index in [0.29, 0.717) is 32.8 Å². The lowest BCUT2D eigenvalue weighted by Gasteiger charge is -2.23. The summed E-state index contributed by atoms with van der Waals surface area (Å²) in [4.78, 5) is 33.8. The molecule has 5 rings (SSSR count). The van der Waals surface area contributed by atoms with Crippen LogP contribution in [0.1, 0.15) is 35.2 Å². The van der Waals surface area contributed by atoms with Crippen molar-refractivity contribution < 1.29 is 4.79 Å². The minimum absolute atomic E-state index is 0.213. The second kappa shape index (κ2) is 10.7. The Labute approximate surface area is 225 Å². The van der Waals surface area contributed by atoms with Crippen LogP contribution >= 0.6 is 24.0 Å². The third kappa shape index (κ3) is 5.21. The smallest absolute Gasteiger partial charge is 0.267 e. The number of hydrogen-bond acceptors (Lipinski definition) is 6. The fourth-order valence-electron chi connectivity index (χ4n) is 4.32. The van der Waals surface area contributed by atoms with E-state index in [9.17, 15) is 9.59 Å². The third-order valence-corrected chi connectivity index (χ3v) is 7.65. The molecule has 1 saturated heterocycles. The first kappa shape index (κ1) is 24.9. The number of hydrogen-bond donors (Lipinski definition) is 1. The molecule has 1 unspecified atom stereocenters. The molecule has 8 heteroatoms. The monoisotopic (exact) mass is 526 g/mol. The van der Waals surface area contributed by atoms with Crippen LogP contribution in [-0.4, -0.2) is 31.1 Å². The van der Waals surface area contributed by atoms with Crippen LogP contribution < -0.4 is 10.9 Å². The highest BCUT2D eigenvalue weighted by Gasteiger charge is 2.36. The average Bonchev–Trinajstić information content (AvgIpc) is 3.19. The molecule has 3 heterocycles. The Hall–Kier alpha value is -3.75. The summed E-state index contributed by atoms with van der Waals surface area (Å²) in [6.45, 7) is 4.47. The molecule has 2 aromatic heterocycles. The van der Waals surface area contributed by atoms with Crippen LogP contribution in [0.5, 0.6) is 0 Å². The molecule has 1 fully saturated rings. The lowest BCUT2D eigenvalue weighted by Crippen LogP contribution is -2.31. The summed E-state index contributed by atoms with van der Waals surface area (Å²) in [7, 11) is 0.